The van der Waals surface area contributed by atoms with Crippen LogP contribution in [-0.4, -0.2) is 33.8 Å². The number of nitrogens with zero attached hydrogens (tertiary/aromatic N) is 4. The van der Waals surface area contributed by atoms with Gasteiger partial charge in [0, 0.05) is 42.1 Å². The van der Waals surface area contributed by atoms with E-state index in [1.54, 1.807) is 35.3 Å². The number of carbonyl (C=O) groups excluding carboxylic acids is 1. The third kappa shape index (κ3) is 6.33. The maximum atomic E-state index is 13.2. The lowest BCUT2D eigenvalue weighted by atomic mass is 9.98. The Bertz CT molecular complexity index is 1330. The van der Waals surface area contributed by atoms with E-state index < -0.39 is 5.92 Å². The van der Waals surface area contributed by atoms with Crippen LogP contribution in [0.1, 0.15) is 22.6 Å². The Morgan fingerprint density at radius 1 is 1.11 bits per heavy atom. The maximum absolute atomic E-state index is 13.2. The van der Waals surface area contributed by atoms with Gasteiger partial charge in [-0.15, -0.1) is 0 Å². The molecule has 2 aromatic carbocycles. The van der Waals surface area contributed by atoms with E-state index in [-0.39, 0.29) is 5.91 Å². The molecule has 0 aliphatic heterocycles. The fraction of sp³-hybridized carbons (Fsp3) is 0.185. The number of anilines is 1. The molecule has 0 fully saturated rings. The molecule has 2 heterocycles. The van der Waals surface area contributed by atoms with Gasteiger partial charge in [0.1, 0.15) is 5.82 Å². The van der Waals surface area contributed by atoms with E-state index in [4.69, 9.17) is 11.6 Å². The van der Waals surface area contributed by atoms with Crippen LogP contribution in [0.15, 0.2) is 79.3 Å². The summed E-state index contributed by atoms with van der Waals surface area (Å²) in [5.41, 5.74) is 4.29. The van der Waals surface area contributed by atoms with Crippen LogP contribution in [-0.2, 0) is 18.3 Å². The molecule has 0 aliphatic rings. The number of halogens is 1. The summed E-state index contributed by atoms with van der Waals surface area (Å²) < 4.78 is 1.73. The van der Waals surface area contributed by atoms with Gasteiger partial charge in [-0.25, -0.2) is 4.98 Å². The Morgan fingerprint density at radius 3 is 2.63 bits per heavy atom. The minimum absolute atomic E-state index is 0.144. The van der Waals surface area contributed by atoms with Crippen molar-refractivity contribution in [1.29, 1.82) is 5.26 Å². The van der Waals surface area contributed by atoms with Crippen LogP contribution in [0, 0.1) is 11.3 Å². The molecule has 8 heteroatoms. The summed E-state index contributed by atoms with van der Waals surface area (Å²) in [7, 11) is 1.86. The molecule has 0 saturated carbocycles. The van der Waals surface area contributed by atoms with Crippen LogP contribution >= 0.6 is 11.6 Å². The van der Waals surface area contributed by atoms with E-state index >= 15 is 0 Å². The van der Waals surface area contributed by atoms with Crippen molar-refractivity contribution < 1.29 is 4.79 Å². The lowest BCUT2D eigenvalue weighted by Crippen LogP contribution is -2.32. The van der Waals surface area contributed by atoms with E-state index in [9.17, 15) is 10.1 Å². The van der Waals surface area contributed by atoms with Crippen LogP contribution in [0.4, 0.5) is 5.82 Å². The molecule has 0 aliphatic carbocycles. The number of pyridine rings is 1. The molecule has 4 rings (SSSR count). The standard InChI is InChI=1S/C27H25ClN6O/c1-34-18-23(16-32-34)21-8-10-26(31-15-21)33-27(35)25(20-5-3-2-4-6-20)17-30-12-11-19-7-9-24(28)13-22(19)14-29/h2-10,13,15-16,18,25,30H,11-12,17H2,1H3,(H,31,33,35). The van der Waals surface area contributed by atoms with Gasteiger partial charge in [-0.2, -0.15) is 10.4 Å². The van der Waals surface area contributed by atoms with Crippen molar-refractivity contribution in [3.05, 3.63) is 101 Å². The van der Waals surface area contributed by atoms with Gasteiger partial charge < -0.3 is 10.6 Å². The number of aromatic nitrogens is 3. The summed E-state index contributed by atoms with van der Waals surface area (Å²) in [6, 6.07) is 20.9. The maximum Gasteiger partial charge on any atom is 0.234 e. The van der Waals surface area contributed by atoms with Gasteiger partial charge in [-0.05, 0) is 48.4 Å². The summed E-state index contributed by atoms with van der Waals surface area (Å²) in [6.45, 7) is 1.06. The molecule has 4 aromatic rings. The third-order valence-electron chi connectivity index (χ3n) is 5.68. The van der Waals surface area contributed by atoms with Crippen molar-refractivity contribution >= 4 is 23.3 Å². The van der Waals surface area contributed by atoms with Crippen LogP contribution < -0.4 is 10.6 Å². The molecule has 35 heavy (non-hydrogen) atoms. The number of hydrogen-bond acceptors (Lipinski definition) is 5. The number of benzene rings is 2. The number of rotatable bonds is 9. The monoisotopic (exact) mass is 484 g/mol. The van der Waals surface area contributed by atoms with E-state index in [2.05, 4.69) is 26.8 Å². The first-order valence-electron chi connectivity index (χ1n) is 11.2. The molecule has 0 spiro atoms. The third-order valence-corrected chi connectivity index (χ3v) is 5.92. The second-order valence-electron chi connectivity index (χ2n) is 8.15. The van der Waals surface area contributed by atoms with Crippen molar-refractivity contribution in [2.45, 2.75) is 12.3 Å². The summed E-state index contributed by atoms with van der Waals surface area (Å²) >= 11 is 5.99. The molecule has 0 radical (unpaired) electrons. The van der Waals surface area contributed by atoms with Gasteiger partial charge >= 0.3 is 0 Å². The predicted octanol–water partition coefficient (Wildman–Crippen LogP) is 4.56. The minimum atomic E-state index is -0.406. The molecule has 1 atom stereocenters. The van der Waals surface area contributed by atoms with Gasteiger partial charge in [0.2, 0.25) is 5.91 Å². The van der Waals surface area contributed by atoms with E-state index in [1.807, 2.05) is 55.7 Å². The highest BCUT2D eigenvalue weighted by atomic mass is 35.5. The zero-order valence-corrected chi connectivity index (χ0v) is 20.0. The van der Waals surface area contributed by atoms with Gasteiger partial charge in [0.05, 0.1) is 23.7 Å². The van der Waals surface area contributed by atoms with Crippen molar-refractivity contribution in [3.63, 3.8) is 0 Å². The number of nitrogens with one attached hydrogen (secondary N) is 2. The van der Waals surface area contributed by atoms with E-state index in [0.717, 1.165) is 22.3 Å². The molecular weight excluding hydrogens is 460 g/mol. The second kappa shape index (κ2) is 11.4. The van der Waals surface area contributed by atoms with Crippen molar-refractivity contribution in [2.24, 2.45) is 7.05 Å². The number of amides is 1. The molecule has 1 unspecified atom stereocenters. The molecular formula is C27H25ClN6O. The summed E-state index contributed by atoms with van der Waals surface area (Å²) in [5, 5.41) is 20.4. The number of nitriles is 1. The largest absolute Gasteiger partial charge is 0.315 e. The molecule has 1 amide bonds. The normalized spacial score (nSPS) is 11.6. The van der Waals surface area contributed by atoms with Crippen molar-refractivity contribution in [1.82, 2.24) is 20.1 Å². The topological polar surface area (TPSA) is 95.6 Å². The Labute approximate surface area is 209 Å². The van der Waals surface area contributed by atoms with Crippen LogP contribution in [0.25, 0.3) is 11.1 Å². The average Bonchev–Trinajstić information content (AvgIpc) is 3.31. The highest BCUT2D eigenvalue weighted by Crippen LogP contribution is 2.21. The summed E-state index contributed by atoms with van der Waals surface area (Å²) in [4.78, 5) is 17.6. The molecule has 7 nitrogen and oxygen atoms in total. The Morgan fingerprint density at radius 2 is 1.94 bits per heavy atom. The highest BCUT2D eigenvalue weighted by molar-refractivity contribution is 6.30. The SMILES string of the molecule is Cn1cc(-c2ccc(NC(=O)C(CNCCc3ccc(Cl)cc3C#N)c3ccccc3)nc2)cn1. The lowest BCUT2D eigenvalue weighted by Gasteiger charge is -2.18. The Hall–Kier alpha value is -3.99. The number of aryl methyl sites for hydroxylation is 1. The molecule has 0 saturated heterocycles. The zero-order valence-electron chi connectivity index (χ0n) is 19.3. The molecule has 0 bridgehead atoms. The number of carbonyl (C=O) groups is 1. The average molecular weight is 485 g/mol. The van der Waals surface area contributed by atoms with Crippen LogP contribution in [0.2, 0.25) is 5.02 Å². The predicted molar refractivity (Wildman–Crippen MR) is 137 cm³/mol. The second-order valence-corrected chi connectivity index (χ2v) is 8.59. The summed E-state index contributed by atoms with van der Waals surface area (Å²) in [6.07, 6.45) is 6.06. The first kappa shape index (κ1) is 24.1. The summed E-state index contributed by atoms with van der Waals surface area (Å²) in [5.74, 6) is -0.0606. The quantitative estimate of drug-likeness (QED) is 0.339. The Balaban J connectivity index is 1.40. The lowest BCUT2D eigenvalue weighted by molar-refractivity contribution is -0.117. The van der Waals surface area contributed by atoms with Crippen LogP contribution in [0.5, 0.6) is 0 Å². The van der Waals surface area contributed by atoms with Gasteiger partial charge in [0.15, 0.2) is 0 Å². The fourth-order valence-electron chi connectivity index (χ4n) is 3.81. The Kier molecular flexibility index (Phi) is 7.88. The van der Waals surface area contributed by atoms with Crippen molar-refractivity contribution in [2.75, 3.05) is 18.4 Å². The smallest absolute Gasteiger partial charge is 0.234 e. The first-order valence-corrected chi connectivity index (χ1v) is 11.6. The zero-order chi connectivity index (χ0) is 24.6. The van der Waals surface area contributed by atoms with Crippen LogP contribution in [0.3, 0.4) is 0 Å². The van der Waals surface area contributed by atoms with Gasteiger partial charge in [-0.3, -0.25) is 9.48 Å². The molecule has 2 N–H and O–H groups in total. The first-order chi connectivity index (χ1) is 17.0. The molecule has 176 valence electrons. The highest BCUT2D eigenvalue weighted by Gasteiger charge is 2.21. The van der Waals surface area contributed by atoms with E-state index in [0.29, 0.717) is 35.9 Å². The van der Waals surface area contributed by atoms with Crippen molar-refractivity contribution in [3.8, 4) is 17.2 Å². The fourth-order valence-corrected chi connectivity index (χ4v) is 3.98. The van der Waals surface area contributed by atoms with E-state index in [1.165, 1.54) is 0 Å². The minimum Gasteiger partial charge on any atom is -0.315 e. The number of hydrogen-bond donors (Lipinski definition) is 2. The van der Waals surface area contributed by atoms with Gasteiger partial charge in [0.25, 0.3) is 0 Å². The van der Waals surface area contributed by atoms with Gasteiger partial charge in [-0.1, -0.05) is 48.0 Å². The molecule has 2 aromatic heterocycles.